The van der Waals surface area contributed by atoms with E-state index in [9.17, 15) is 19.5 Å². The molecule has 0 aliphatic carbocycles. The minimum Gasteiger partial charge on any atom is -0.466 e. The van der Waals surface area contributed by atoms with E-state index in [1.807, 2.05) is 32.0 Å². The molecule has 33 heavy (non-hydrogen) atoms. The molecular weight excluding hydrogens is 424 g/mol. The van der Waals surface area contributed by atoms with E-state index in [1.165, 1.54) is 4.90 Å². The molecule has 2 bridgehead atoms. The molecule has 1 aromatic rings. The molecular formula is C25H32N2O6. The van der Waals surface area contributed by atoms with Gasteiger partial charge in [-0.05, 0) is 50.8 Å². The van der Waals surface area contributed by atoms with E-state index >= 15 is 0 Å². The number of esters is 1. The van der Waals surface area contributed by atoms with Crippen LogP contribution in [0.15, 0.2) is 30.9 Å². The van der Waals surface area contributed by atoms with E-state index in [0.29, 0.717) is 12.8 Å². The number of aliphatic hydroxyl groups is 1. The highest BCUT2D eigenvalue weighted by atomic mass is 16.6. The van der Waals surface area contributed by atoms with Crippen LogP contribution in [-0.4, -0.2) is 71.8 Å². The first-order valence-corrected chi connectivity index (χ1v) is 11.6. The Morgan fingerprint density at radius 3 is 2.82 bits per heavy atom. The second-order valence-electron chi connectivity index (χ2n) is 9.09. The molecule has 1 aromatic carbocycles. The van der Waals surface area contributed by atoms with Crippen molar-refractivity contribution in [2.75, 3.05) is 31.2 Å². The Hall–Kier alpha value is -2.71. The summed E-state index contributed by atoms with van der Waals surface area (Å²) in [4.78, 5) is 43.5. The standard InChI is InChI=1S/C25H32N2O6/c1-5-11-26(17-14-15(3)7-8-16(17)4)23(30)21-25-10-9-18(33-25)19(24(31)32-6-2)20(25)22(29)27(21)12-13-28/h5,7-8,14,18-21,28H,1,6,9-13H2,2-4H3/t18-,19+,20+,21-,25+/m0/s1. The van der Waals surface area contributed by atoms with Gasteiger partial charge in [-0.25, -0.2) is 0 Å². The SMILES string of the molecule is C=CCN(C(=O)[C@@H]1N(CCO)C(=O)[C@H]2[C@H](C(=O)OCC)[C@@H]3CC[C@]12O3)c1cc(C)ccc1C. The quantitative estimate of drug-likeness (QED) is 0.473. The number of rotatable bonds is 8. The van der Waals surface area contributed by atoms with Gasteiger partial charge >= 0.3 is 5.97 Å². The van der Waals surface area contributed by atoms with Crippen LogP contribution in [0, 0.1) is 25.7 Å². The van der Waals surface area contributed by atoms with E-state index < -0.39 is 35.6 Å². The molecule has 8 heteroatoms. The number of aliphatic hydroxyl groups excluding tert-OH is 1. The number of benzene rings is 1. The Labute approximate surface area is 194 Å². The van der Waals surface area contributed by atoms with Gasteiger partial charge in [-0.3, -0.25) is 14.4 Å². The highest BCUT2D eigenvalue weighted by molar-refractivity contribution is 6.05. The number of aryl methyl sites for hydroxylation is 2. The maximum absolute atomic E-state index is 14.2. The molecule has 178 valence electrons. The van der Waals surface area contributed by atoms with E-state index in [0.717, 1.165) is 16.8 Å². The zero-order chi connectivity index (χ0) is 23.9. The number of carbonyl (C=O) groups is 3. The number of hydrogen-bond acceptors (Lipinski definition) is 6. The average molecular weight is 457 g/mol. The second kappa shape index (κ2) is 8.91. The van der Waals surface area contributed by atoms with Crippen molar-refractivity contribution in [3.05, 3.63) is 42.0 Å². The summed E-state index contributed by atoms with van der Waals surface area (Å²) >= 11 is 0. The largest absolute Gasteiger partial charge is 0.466 e. The Morgan fingerprint density at radius 1 is 1.39 bits per heavy atom. The molecule has 1 spiro atoms. The lowest BCUT2D eigenvalue weighted by atomic mass is 9.70. The zero-order valence-electron chi connectivity index (χ0n) is 19.5. The lowest BCUT2D eigenvalue weighted by Crippen LogP contribution is -2.57. The van der Waals surface area contributed by atoms with Gasteiger partial charge in [-0.15, -0.1) is 6.58 Å². The fraction of sp³-hybridized carbons (Fsp3) is 0.560. The van der Waals surface area contributed by atoms with Gasteiger partial charge in [0.1, 0.15) is 11.6 Å². The first-order valence-electron chi connectivity index (χ1n) is 11.6. The molecule has 1 N–H and O–H groups in total. The number of β-amino-alcohol motifs (C(OH)–C–C–N with tert-alkyl or cyclic N) is 1. The summed E-state index contributed by atoms with van der Waals surface area (Å²) in [6, 6.07) is 4.93. The predicted octanol–water partition coefficient (Wildman–Crippen LogP) is 1.75. The van der Waals surface area contributed by atoms with Gasteiger partial charge in [0, 0.05) is 18.8 Å². The molecule has 3 saturated heterocycles. The predicted molar refractivity (Wildman–Crippen MR) is 122 cm³/mol. The fourth-order valence-corrected chi connectivity index (χ4v) is 5.88. The number of likely N-dealkylation sites (tertiary alicyclic amines) is 1. The van der Waals surface area contributed by atoms with Gasteiger partial charge in [0.25, 0.3) is 5.91 Å². The van der Waals surface area contributed by atoms with Crippen LogP contribution in [0.4, 0.5) is 5.69 Å². The van der Waals surface area contributed by atoms with Crippen molar-refractivity contribution in [3.8, 4) is 0 Å². The molecule has 8 nitrogen and oxygen atoms in total. The third-order valence-electron chi connectivity index (χ3n) is 7.17. The van der Waals surface area contributed by atoms with Gasteiger partial charge in [-0.2, -0.15) is 0 Å². The van der Waals surface area contributed by atoms with Crippen molar-refractivity contribution in [2.45, 2.75) is 51.4 Å². The summed E-state index contributed by atoms with van der Waals surface area (Å²) in [6.07, 6.45) is 2.28. The number of nitrogens with zero attached hydrogens (tertiary/aromatic N) is 2. The van der Waals surface area contributed by atoms with Gasteiger partial charge in [0.2, 0.25) is 5.91 Å². The van der Waals surface area contributed by atoms with Crippen LogP contribution < -0.4 is 4.90 Å². The van der Waals surface area contributed by atoms with Crippen LogP contribution in [0.2, 0.25) is 0 Å². The monoisotopic (exact) mass is 456 g/mol. The van der Waals surface area contributed by atoms with Crippen LogP contribution >= 0.6 is 0 Å². The number of amides is 2. The maximum atomic E-state index is 14.2. The van der Waals surface area contributed by atoms with Crippen LogP contribution in [0.25, 0.3) is 0 Å². The number of fused-ring (bicyclic) bond motifs is 1. The van der Waals surface area contributed by atoms with E-state index in [1.54, 1.807) is 17.9 Å². The van der Waals surface area contributed by atoms with Crippen LogP contribution in [0.1, 0.15) is 30.9 Å². The van der Waals surface area contributed by atoms with Crippen LogP contribution in [0.3, 0.4) is 0 Å². The summed E-state index contributed by atoms with van der Waals surface area (Å²) in [5.74, 6) is -2.61. The lowest BCUT2D eigenvalue weighted by molar-refractivity contribution is -0.154. The molecule has 0 saturated carbocycles. The summed E-state index contributed by atoms with van der Waals surface area (Å²) in [6.45, 7) is 9.59. The third kappa shape index (κ3) is 3.56. The lowest BCUT2D eigenvalue weighted by Gasteiger charge is -2.37. The van der Waals surface area contributed by atoms with E-state index in [4.69, 9.17) is 9.47 Å². The van der Waals surface area contributed by atoms with Gasteiger partial charge in [0.15, 0.2) is 0 Å². The van der Waals surface area contributed by atoms with Crippen molar-refractivity contribution in [1.82, 2.24) is 4.90 Å². The molecule has 4 rings (SSSR count). The fourth-order valence-electron chi connectivity index (χ4n) is 5.88. The number of anilines is 1. The summed E-state index contributed by atoms with van der Waals surface area (Å²) < 4.78 is 11.6. The van der Waals surface area contributed by atoms with Gasteiger partial charge in [-0.1, -0.05) is 18.2 Å². The maximum Gasteiger partial charge on any atom is 0.312 e. The first-order chi connectivity index (χ1) is 15.8. The normalized spacial score (nSPS) is 29.8. The van der Waals surface area contributed by atoms with Crippen molar-refractivity contribution in [3.63, 3.8) is 0 Å². The summed E-state index contributed by atoms with van der Waals surface area (Å²) in [5, 5.41) is 9.71. The molecule has 3 heterocycles. The first kappa shape index (κ1) is 23.4. The Bertz CT molecular complexity index is 978. The molecule has 3 aliphatic rings. The second-order valence-corrected chi connectivity index (χ2v) is 9.09. The van der Waals surface area contributed by atoms with E-state index in [-0.39, 0.29) is 38.1 Å². The average Bonchev–Trinajstić information content (AvgIpc) is 3.42. The van der Waals surface area contributed by atoms with Gasteiger partial charge < -0.3 is 24.4 Å². The number of ether oxygens (including phenoxy) is 2. The molecule has 0 unspecified atom stereocenters. The molecule has 3 fully saturated rings. The molecule has 5 atom stereocenters. The topological polar surface area (TPSA) is 96.4 Å². The number of carbonyl (C=O) groups excluding carboxylic acids is 3. The Balaban J connectivity index is 1.78. The van der Waals surface area contributed by atoms with Crippen LogP contribution in [-0.2, 0) is 23.9 Å². The minimum absolute atomic E-state index is 0.00814. The Kier molecular flexibility index (Phi) is 6.33. The van der Waals surface area contributed by atoms with Crippen molar-refractivity contribution < 1.29 is 29.0 Å². The van der Waals surface area contributed by atoms with E-state index in [2.05, 4.69) is 6.58 Å². The highest BCUT2D eigenvalue weighted by Crippen LogP contribution is 2.58. The molecule has 2 amide bonds. The molecule has 0 aromatic heterocycles. The summed E-state index contributed by atoms with van der Waals surface area (Å²) in [7, 11) is 0. The minimum atomic E-state index is -1.11. The third-order valence-corrected chi connectivity index (χ3v) is 7.17. The van der Waals surface area contributed by atoms with Crippen molar-refractivity contribution in [2.24, 2.45) is 11.8 Å². The van der Waals surface area contributed by atoms with Crippen molar-refractivity contribution >= 4 is 23.5 Å². The molecule has 0 radical (unpaired) electrons. The van der Waals surface area contributed by atoms with Crippen LogP contribution in [0.5, 0.6) is 0 Å². The smallest absolute Gasteiger partial charge is 0.312 e. The zero-order valence-corrected chi connectivity index (χ0v) is 19.5. The van der Waals surface area contributed by atoms with Gasteiger partial charge in [0.05, 0.1) is 31.2 Å². The van der Waals surface area contributed by atoms with Crippen molar-refractivity contribution in [1.29, 1.82) is 0 Å². The number of hydrogen-bond donors (Lipinski definition) is 1. The molecule has 3 aliphatic heterocycles. The highest BCUT2D eigenvalue weighted by Gasteiger charge is 2.75. The Morgan fingerprint density at radius 2 is 2.15 bits per heavy atom. The summed E-state index contributed by atoms with van der Waals surface area (Å²) in [5.41, 5.74) is 1.56.